The first-order valence-electron chi connectivity index (χ1n) is 11.7. The van der Waals surface area contributed by atoms with Crippen LogP contribution in [0.4, 0.5) is 9.18 Å². The Balaban J connectivity index is 1.53. The largest absolute Gasteiger partial charge is 0.415 e. The van der Waals surface area contributed by atoms with Crippen molar-refractivity contribution in [3.8, 4) is 5.75 Å². The van der Waals surface area contributed by atoms with Crippen molar-refractivity contribution in [3.05, 3.63) is 63.9 Å². The molecule has 6 nitrogen and oxygen atoms in total. The molecule has 2 aliphatic rings. The van der Waals surface area contributed by atoms with Crippen LogP contribution in [0.15, 0.2) is 42.5 Å². The van der Waals surface area contributed by atoms with Crippen LogP contribution in [0.1, 0.15) is 37.2 Å². The van der Waals surface area contributed by atoms with E-state index in [1.165, 1.54) is 29.2 Å². The summed E-state index contributed by atoms with van der Waals surface area (Å²) in [6.07, 6.45) is 2.94. The lowest BCUT2D eigenvalue weighted by molar-refractivity contribution is -0.136. The van der Waals surface area contributed by atoms with E-state index in [0.29, 0.717) is 23.1 Å². The van der Waals surface area contributed by atoms with Crippen molar-refractivity contribution in [1.29, 1.82) is 0 Å². The average molecular weight is 523 g/mol. The average Bonchev–Trinajstić information content (AvgIpc) is 3.31. The van der Waals surface area contributed by atoms with Crippen molar-refractivity contribution < 1.29 is 23.5 Å². The first-order chi connectivity index (χ1) is 16.8. The number of benzene rings is 2. The second kappa shape index (κ2) is 11.1. The molecule has 9 heteroatoms. The molecular formula is C26H29Cl2FN2O4. The van der Waals surface area contributed by atoms with Gasteiger partial charge in [0.15, 0.2) is 0 Å². The maximum absolute atomic E-state index is 13.4. The summed E-state index contributed by atoms with van der Waals surface area (Å²) in [6.45, 7) is 0.836. The maximum atomic E-state index is 13.4. The van der Waals surface area contributed by atoms with Gasteiger partial charge in [0.2, 0.25) is 5.91 Å². The molecule has 2 atom stereocenters. The van der Waals surface area contributed by atoms with Crippen LogP contribution in [0.25, 0.3) is 0 Å². The highest BCUT2D eigenvalue weighted by Gasteiger charge is 2.42. The third-order valence-electron chi connectivity index (χ3n) is 7.13. The molecule has 0 unspecified atom stereocenters. The number of nitrogens with zero attached hydrogens (tertiary/aromatic N) is 2. The first-order valence-corrected chi connectivity index (χ1v) is 12.5. The van der Waals surface area contributed by atoms with E-state index in [0.717, 1.165) is 31.2 Å². The first kappa shape index (κ1) is 25.7. The van der Waals surface area contributed by atoms with Gasteiger partial charge in [-0.25, -0.2) is 9.18 Å². The summed E-state index contributed by atoms with van der Waals surface area (Å²) in [4.78, 5) is 29.7. The van der Waals surface area contributed by atoms with Crippen LogP contribution >= 0.6 is 23.2 Å². The fourth-order valence-electron chi connectivity index (χ4n) is 5.04. The Bertz CT molecular complexity index is 1060. The Kier molecular flexibility index (Phi) is 8.19. The Morgan fingerprint density at radius 1 is 1.00 bits per heavy atom. The monoisotopic (exact) mass is 522 g/mol. The highest BCUT2D eigenvalue weighted by atomic mass is 35.5. The van der Waals surface area contributed by atoms with E-state index in [2.05, 4.69) is 0 Å². The summed E-state index contributed by atoms with van der Waals surface area (Å²) in [5.41, 5.74) is 0.893. The van der Waals surface area contributed by atoms with Crippen LogP contribution in [0.2, 0.25) is 10.0 Å². The summed E-state index contributed by atoms with van der Waals surface area (Å²) in [6, 6.07) is 10.3. The summed E-state index contributed by atoms with van der Waals surface area (Å²) >= 11 is 12.4. The van der Waals surface area contributed by atoms with E-state index in [4.69, 9.17) is 32.7 Å². The lowest BCUT2D eigenvalue weighted by Gasteiger charge is -2.30. The molecule has 0 radical (unpaired) electrons. The highest BCUT2D eigenvalue weighted by molar-refractivity contribution is 6.42. The van der Waals surface area contributed by atoms with E-state index < -0.39 is 11.9 Å². The van der Waals surface area contributed by atoms with Gasteiger partial charge in [0.1, 0.15) is 11.6 Å². The summed E-state index contributed by atoms with van der Waals surface area (Å²) in [7, 11) is 3.36. The Morgan fingerprint density at radius 3 is 2.31 bits per heavy atom. The van der Waals surface area contributed by atoms with Gasteiger partial charge in [0, 0.05) is 39.1 Å². The maximum Gasteiger partial charge on any atom is 0.415 e. The van der Waals surface area contributed by atoms with Crippen LogP contribution < -0.4 is 4.74 Å². The van der Waals surface area contributed by atoms with Gasteiger partial charge in [-0.3, -0.25) is 4.79 Å². The molecule has 188 valence electrons. The smallest absolute Gasteiger partial charge is 0.410 e. The molecule has 1 aliphatic carbocycles. The molecule has 2 amide bonds. The van der Waals surface area contributed by atoms with Gasteiger partial charge in [0.25, 0.3) is 0 Å². The molecule has 0 aromatic heterocycles. The minimum Gasteiger partial charge on any atom is -0.410 e. The second-order valence-electron chi connectivity index (χ2n) is 9.23. The lowest BCUT2D eigenvalue weighted by atomic mass is 9.86. The van der Waals surface area contributed by atoms with Crippen molar-refractivity contribution in [3.63, 3.8) is 0 Å². The topological polar surface area (TPSA) is 59.1 Å². The third-order valence-corrected chi connectivity index (χ3v) is 7.87. The minimum atomic E-state index is -0.582. The predicted octanol–water partition coefficient (Wildman–Crippen LogP) is 5.76. The zero-order chi connectivity index (χ0) is 25.1. The molecule has 1 heterocycles. The van der Waals surface area contributed by atoms with Gasteiger partial charge in [-0.05, 0) is 67.6 Å². The van der Waals surface area contributed by atoms with Crippen LogP contribution in [0.5, 0.6) is 5.75 Å². The fraction of sp³-hybridized carbons (Fsp3) is 0.462. The van der Waals surface area contributed by atoms with Crippen LogP contribution in [0, 0.1) is 11.7 Å². The molecule has 0 bridgehead atoms. The predicted molar refractivity (Wildman–Crippen MR) is 133 cm³/mol. The van der Waals surface area contributed by atoms with E-state index in [1.807, 2.05) is 11.0 Å². The number of carbonyl (C=O) groups excluding carboxylic acids is 2. The van der Waals surface area contributed by atoms with Crippen molar-refractivity contribution >= 4 is 35.2 Å². The molecule has 2 aromatic rings. The number of hydrogen-bond donors (Lipinski definition) is 0. The molecule has 0 N–H and O–H groups in total. The fourth-order valence-corrected chi connectivity index (χ4v) is 5.35. The van der Waals surface area contributed by atoms with Crippen LogP contribution in [-0.2, 0) is 9.53 Å². The Morgan fingerprint density at radius 2 is 1.69 bits per heavy atom. The van der Waals surface area contributed by atoms with Crippen molar-refractivity contribution in [2.45, 2.75) is 43.7 Å². The van der Waals surface area contributed by atoms with Crippen LogP contribution in [0.3, 0.4) is 0 Å². The lowest BCUT2D eigenvalue weighted by Crippen LogP contribution is -2.44. The molecule has 35 heavy (non-hydrogen) atoms. The molecule has 2 fully saturated rings. The number of carbonyl (C=O) groups is 2. The molecule has 0 spiro atoms. The van der Waals surface area contributed by atoms with Gasteiger partial charge in [-0.1, -0.05) is 29.3 Å². The minimum absolute atomic E-state index is 0.0499. The summed E-state index contributed by atoms with van der Waals surface area (Å²) in [5, 5.41) is 0.860. The van der Waals surface area contributed by atoms with Crippen molar-refractivity contribution in [1.82, 2.24) is 9.80 Å². The number of methoxy groups -OCH3 is 1. The van der Waals surface area contributed by atoms with Gasteiger partial charge >= 0.3 is 6.09 Å². The second-order valence-corrected chi connectivity index (χ2v) is 10.0. The Hall–Kier alpha value is -2.35. The summed E-state index contributed by atoms with van der Waals surface area (Å²) < 4.78 is 24.1. The van der Waals surface area contributed by atoms with Crippen molar-refractivity contribution in [2.24, 2.45) is 5.92 Å². The zero-order valence-corrected chi connectivity index (χ0v) is 21.3. The number of halogens is 3. The number of hydrogen-bond acceptors (Lipinski definition) is 4. The van der Waals surface area contributed by atoms with Gasteiger partial charge in [-0.15, -0.1) is 0 Å². The molecule has 1 aliphatic heterocycles. The van der Waals surface area contributed by atoms with E-state index in [1.54, 1.807) is 26.3 Å². The van der Waals surface area contributed by atoms with Gasteiger partial charge in [0.05, 0.1) is 22.2 Å². The standard InChI is InChI=1S/C26H29Cl2FN2O4/c1-30(26(33)35-20-10-6-18(29)7-11-20)24-15-31(25(32)16-3-8-19(34-2)9-4-16)14-21(24)17-5-12-22(27)23(28)13-17/h5-7,10-13,16,19,21,24H,3-4,8-9,14-15H2,1-2H3/t16-,19+,21-,24+/m1/s1. The normalized spacial score (nSPS) is 24.3. The van der Waals surface area contributed by atoms with Gasteiger partial charge < -0.3 is 19.3 Å². The number of amides is 2. The van der Waals surface area contributed by atoms with E-state index >= 15 is 0 Å². The summed E-state index contributed by atoms with van der Waals surface area (Å²) in [5.74, 6) is -0.286. The quantitative estimate of drug-likeness (QED) is 0.500. The Labute approximate surface area is 214 Å². The number of ether oxygens (including phenoxy) is 2. The molecule has 1 saturated carbocycles. The third kappa shape index (κ3) is 5.90. The van der Waals surface area contributed by atoms with Crippen molar-refractivity contribution in [2.75, 3.05) is 27.2 Å². The molecule has 1 saturated heterocycles. The highest BCUT2D eigenvalue weighted by Crippen LogP contribution is 2.36. The van der Waals surface area contributed by atoms with Crippen LogP contribution in [-0.4, -0.2) is 61.2 Å². The van der Waals surface area contributed by atoms with E-state index in [9.17, 15) is 14.0 Å². The number of likely N-dealkylation sites (tertiary alicyclic amines) is 1. The molecule has 2 aromatic carbocycles. The van der Waals surface area contributed by atoms with Gasteiger partial charge in [-0.2, -0.15) is 0 Å². The number of likely N-dealkylation sites (N-methyl/N-ethyl adjacent to an activating group) is 1. The molecular weight excluding hydrogens is 494 g/mol. The molecule has 4 rings (SSSR count). The SMILES string of the molecule is CO[C@H]1CC[C@@H](C(=O)N2C[C@H](c3ccc(Cl)c(Cl)c3)[C@@H](N(C)C(=O)Oc3ccc(F)cc3)C2)CC1. The number of rotatable bonds is 5. The zero-order valence-electron chi connectivity index (χ0n) is 19.8. The van der Waals surface area contributed by atoms with E-state index in [-0.39, 0.29) is 35.6 Å².